The van der Waals surface area contributed by atoms with Gasteiger partial charge >= 0.3 is 0 Å². The Labute approximate surface area is 57.2 Å². The van der Waals surface area contributed by atoms with E-state index < -0.39 is 0 Å². The maximum absolute atomic E-state index is 5.39. The van der Waals surface area contributed by atoms with Gasteiger partial charge in [0.2, 0.25) is 0 Å². The molecule has 0 aliphatic rings. The van der Waals surface area contributed by atoms with Gasteiger partial charge in [-0.15, -0.1) is 0 Å². The summed E-state index contributed by atoms with van der Waals surface area (Å²) >= 11 is 3.14. The molecule has 2 nitrogen and oxygen atoms in total. The van der Waals surface area contributed by atoms with Crippen molar-refractivity contribution in [2.24, 2.45) is 0 Å². The van der Waals surface area contributed by atoms with E-state index in [-0.39, 0.29) is 0 Å². The topological polar surface area (TPSA) is 28.7 Å². The minimum absolute atomic E-state index is 0.622. The molecule has 40 valence electrons. The number of aromatic amines is 1. The maximum Gasteiger partial charge on any atom is 0.174 e. The number of imidazole rings is 1. The molecule has 8 heavy (non-hydrogen) atoms. The van der Waals surface area contributed by atoms with E-state index in [0.717, 1.165) is 5.69 Å². The quantitative estimate of drug-likeness (QED) is 0.557. The lowest BCUT2D eigenvalue weighted by Gasteiger charge is -1.79. The summed E-state index contributed by atoms with van der Waals surface area (Å²) in [5, 5.41) is 0. The second-order valence-electron chi connectivity index (χ2n) is 1.53. The lowest BCUT2D eigenvalue weighted by Crippen LogP contribution is -2.05. The van der Waals surface area contributed by atoms with Gasteiger partial charge in [-0.25, -0.2) is 4.98 Å². The highest BCUT2D eigenvalue weighted by Crippen LogP contribution is 1.98. The summed E-state index contributed by atoms with van der Waals surface area (Å²) in [5.74, 6) is 0. The monoisotopic (exact) mass is 170 g/mol. The minimum Gasteiger partial charge on any atom is -0.346 e. The zero-order chi connectivity index (χ0) is 6.15. The molecule has 0 fully saturated rings. The molecule has 1 aromatic rings. The Morgan fingerprint density at radius 3 is 2.50 bits per heavy atom. The van der Waals surface area contributed by atoms with Crippen LogP contribution in [-0.2, 0) is 0 Å². The van der Waals surface area contributed by atoms with Crippen LogP contribution in [0.1, 0.15) is 5.69 Å². The molecule has 0 saturated carbocycles. The molecule has 0 unspecified atom stereocenters. The fourth-order valence-electron chi connectivity index (χ4n) is 0.437. The van der Waals surface area contributed by atoms with Crippen molar-refractivity contribution in [1.29, 1.82) is 0 Å². The molecule has 2 radical (unpaired) electrons. The second kappa shape index (κ2) is 1.93. The van der Waals surface area contributed by atoms with Crippen molar-refractivity contribution in [3.8, 4) is 0 Å². The van der Waals surface area contributed by atoms with Crippen molar-refractivity contribution in [3.05, 3.63) is 10.4 Å². The number of hydrogen-bond donors (Lipinski definition) is 1. The van der Waals surface area contributed by atoms with E-state index in [1.165, 1.54) is 0 Å². The van der Waals surface area contributed by atoms with E-state index >= 15 is 0 Å². The SMILES string of the molecule is [B]c1[nH]c(Br)nc1C. The molecule has 0 bridgehead atoms. The van der Waals surface area contributed by atoms with Crippen molar-refractivity contribution in [1.82, 2.24) is 9.97 Å². The van der Waals surface area contributed by atoms with E-state index in [1.54, 1.807) is 0 Å². The summed E-state index contributed by atoms with van der Waals surface area (Å²) in [6, 6.07) is 0. The lowest BCUT2D eigenvalue weighted by molar-refractivity contribution is 1.20. The Hall–Kier alpha value is -0.245. The van der Waals surface area contributed by atoms with Crippen LogP contribution in [0.25, 0.3) is 0 Å². The molecule has 0 saturated heterocycles. The average molecular weight is 171 g/mol. The standard InChI is InChI=1S/C4H4BBrN2/c1-2-3(5)8-4(6)7-2/h1H3,(H,7,8). The Balaban J connectivity index is 3.14. The molecule has 4 heteroatoms. The molecule has 0 spiro atoms. The number of aromatic nitrogens is 2. The van der Waals surface area contributed by atoms with Crippen LogP contribution >= 0.6 is 15.9 Å². The van der Waals surface area contributed by atoms with Gasteiger partial charge in [0.05, 0.1) is 0 Å². The number of nitrogens with zero attached hydrogens (tertiary/aromatic N) is 1. The molecule has 0 aliphatic carbocycles. The smallest absolute Gasteiger partial charge is 0.174 e. The minimum atomic E-state index is 0.622. The first-order valence-electron chi connectivity index (χ1n) is 2.17. The third kappa shape index (κ3) is 0.942. The van der Waals surface area contributed by atoms with Crippen LogP contribution in [0.2, 0.25) is 0 Å². The van der Waals surface area contributed by atoms with Gasteiger partial charge in [0.15, 0.2) is 4.73 Å². The molecule has 1 N–H and O–H groups in total. The first-order valence-corrected chi connectivity index (χ1v) is 2.97. The molecule has 1 aromatic heterocycles. The number of rotatable bonds is 0. The number of H-pyrrole nitrogens is 1. The molecule has 0 aromatic carbocycles. The number of halogens is 1. The van der Waals surface area contributed by atoms with E-state index in [4.69, 9.17) is 7.85 Å². The van der Waals surface area contributed by atoms with E-state index in [0.29, 0.717) is 10.3 Å². The number of aryl methyl sites for hydroxylation is 1. The highest BCUT2D eigenvalue weighted by molar-refractivity contribution is 9.10. The second-order valence-corrected chi connectivity index (χ2v) is 2.28. The van der Waals surface area contributed by atoms with Crippen LogP contribution in [0, 0.1) is 6.92 Å². The van der Waals surface area contributed by atoms with Gasteiger partial charge in [-0.1, -0.05) is 0 Å². The van der Waals surface area contributed by atoms with E-state index in [1.807, 2.05) is 6.92 Å². The van der Waals surface area contributed by atoms with Gasteiger partial charge in [-0.2, -0.15) is 0 Å². The van der Waals surface area contributed by atoms with Gasteiger partial charge < -0.3 is 4.98 Å². The molecule has 1 rings (SSSR count). The Morgan fingerprint density at radius 1 is 1.75 bits per heavy atom. The first-order chi connectivity index (χ1) is 3.70. The largest absolute Gasteiger partial charge is 0.346 e. The van der Waals surface area contributed by atoms with Gasteiger partial charge in [0.25, 0.3) is 0 Å². The highest BCUT2D eigenvalue weighted by atomic mass is 79.9. The van der Waals surface area contributed by atoms with Crippen LogP contribution < -0.4 is 5.59 Å². The van der Waals surface area contributed by atoms with Gasteiger partial charge in [-0.3, -0.25) is 0 Å². The molecule has 0 amide bonds. The highest BCUT2D eigenvalue weighted by Gasteiger charge is 1.94. The predicted octanol–water partition coefficient (Wildman–Crippen LogP) is 0.274. The molecular weight excluding hydrogens is 167 g/mol. The third-order valence-corrected chi connectivity index (χ3v) is 1.27. The van der Waals surface area contributed by atoms with E-state index in [2.05, 4.69) is 25.9 Å². The van der Waals surface area contributed by atoms with Gasteiger partial charge in [0, 0.05) is 5.69 Å². The summed E-state index contributed by atoms with van der Waals surface area (Å²) in [5.41, 5.74) is 1.45. The Bertz CT molecular complexity index is 176. The lowest BCUT2D eigenvalue weighted by atomic mass is 10.0. The summed E-state index contributed by atoms with van der Waals surface area (Å²) in [6.45, 7) is 1.84. The number of hydrogen-bond acceptors (Lipinski definition) is 1. The Kier molecular flexibility index (Phi) is 1.42. The van der Waals surface area contributed by atoms with Crippen molar-refractivity contribution >= 4 is 29.4 Å². The van der Waals surface area contributed by atoms with Gasteiger partial charge in [0.1, 0.15) is 7.85 Å². The molecule has 1 heterocycles. The van der Waals surface area contributed by atoms with Crippen LogP contribution in [0.15, 0.2) is 4.73 Å². The first kappa shape index (κ1) is 5.88. The van der Waals surface area contributed by atoms with Crippen LogP contribution in [-0.4, -0.2) is 17.8 Å². The fraction of sp³-hybridized carbons (Fsp3) is 0.250. The average Bonchev–Trinajstić information content (AvgIpc) is 1.85. The predicted molar refractivity (Wildman–Crippen MR) is 36.4 cm³/mol. The molecule has 0 aliphatic heterocycles. The summed E-state index contributed by atoms with van der Waals surface area (Å²) in [4.78, 5) is 6.74. The van der Waals surface area contributed by atoms with Gasteiger partial charge in [-0.05, 0) is 28.4 Å². The van der Waals surface area contributed by atoms with Crippen LogP contribution in [0.5, 0.6) is 0 Å². The molecular formula is C4H4BBrN2. The zero-order valence-corrected chi connectivity index (χ0v) is 5.99. The zero-order valence-electron chi connectivity index (χ0n) is 4.40. The van der Waals surface area contributed by atoms with E-state index in [9.17, 15) is 0 Å². The maximum atomic E-state index is 5.39. The summed E-state index contributed by atoms with van der Waals surface area (Å²) < 4.78 is 0.688. The summed E-state index contributed by atoms with van der Waals surface area (Å²) in [6.07, 6.45) is 0. The van der Waals surface area contributed by atoms with Crippen molar-refractivity contribution in [2.75, 3.05) is 0 Å². The fourth-order valence-corrected chi connectivity index (χ4v) is 0.917. The van der Waals surface area contributed by atoms with Crippen LogP contribution in [0.3, 0.4) is 0 Å². The molecule has 0 atom stereocenters. The normalized spacial score (nSPS) is 9.75. The van der Waals surface area contributed by atoms with Crippen molar-refractivity contribution < 1.29 is 0 Å². The van der Waals surface area contributed by atoms with Crippen LogP contribution in [0.4, 0.5) is 0 Å². The van der Waals surface area contributed by atoms with Crippen molar-refractivity contribution in [3.63, 3.8) is 0 Å². The summed E-state index contributed by atoms with van der Waals surface area (Å²) in [7, 11) is 5.39. The number of nitrogens with one attached hydrogen (secondary N) is 1. The third-order valence-electron chi connectivity index (χ3n) is 0.893. The van der Waals surface area contributed by atoms with Crippen molar-refractivity contribution in [2.45, 2.75) is 6.92 Å². The Morgan fingerprint density at radius 2 is 2.38 bits per heavy atom.